The molecule has 0 spiro atoms. The predicted molar refractivity (Wildman–Crippen MR) is 130 cm³/mol. The molecule has 0 N–H and O–H groups in total. The number of halogens is 1. The van der Waals surface area contributed by atoms with Crippen LogP contribution in [0, 0.1) is 12.7 Å². The fraction of sp³-hybridized carbons (Fsp3) is 0.357. The lowest BCUT2D eigenvalue weighted by molar-refractivity contribution is -0.142. The predicted octanol–water partition coefficient (Wildman–Crippen LogP) is 5.69. The lowest BCUT2D eigenvalue weighted by atomic mass is 9.95. The molecule has 2 amide bonds. The molecule has 3 aromatic rings. The van der Waals surface area contributed by atoms with Crippen molar-refractivity contribution < 1.29 is 18.4 Å². The number of carbonyl (C=O) groups is 2. The first kappa shape index (κ1) is 25.2. The molecular weight excluding hydrogens is 431 g/mol. The summed E-state index contributed by atoms with van der Waals surface area (Å²) in [6.45, 7) is 6.88. The Morgan fingerprint density at radius 1 is 0.912 bits per heavy atom. The van der Waals surface area contributed by atoms with Gasteiger partial charge in [-0.3, -0.25) is 9.59 Å². The van der Waals surface area contributed by atoms with Gasteiger partial charge in [-0.1, -0.05) is 56.3 Å². The molecule has 34 heavy (non-hydrogen) atoms. The van der Waals surface area contributed by atoms with Gasteiger partial charge in [-0.25, -0.2) is 4.39 Å². The Balaban J connectivity index is 1.80. The fourth-order valence-electron chi connectivity index (χ4n) is 4.06. The van der Waals surface area contributed by atoms with Gasteiger partial charge in [0, 0.05) is 13.1 Å². The van der Waals surface area contributed by atoms with E-state index in [0.717, 1.165) is 23.3 Å². The van der Waals surface area contributed by atoms with E-state index in [0.29, 0.717) is 25.3 Å². The second-order valence-electron chi connectivity index (χ2n) is 8.52. The number of benzene rings is 2. The minimum atomic E-state index is -0.325. The average molecular weight is 465 g/mol. The molecule has 1 aromatic heterocycles. The molecule has 1 unspecified atom stereocenters. The average Bonchev–Trinajstić information content (AvgIpc) is 3.25. The van der Waals surface area contributed by atoms with Crippen molar-refractivity contribution in [1.82, 2.24) is 9.80 Å². The number of rotatable bonds is 11. The largest absolute Gasteiger partial charge is 0.464 e. The van der Waals surface area contributed by atoms with Crippen molar-refractivity contribution in [2.24, 2.45) is 0 Å². The van der Waals surface area contributed by atoms with Crippen LogP contribution >= 0.6 is 0 Å². The maximum Gasteiger partial charge on any atom is 0.242 e. The van der Waals surface area contributed by atoms with Gasteiger partial charge < -0.3 is 14.2 Å². The molecule has 0 saturated heterocycles. The van der Waals surface area contributed by atoms with Crippen LogP contribution in [0.1, 0.15) is 55.3 Å². The Labute approximate surface area is 201 Å². The number of furan rings is 1. The van der Waals surface area contributed by atoms with Crippen molar-refractivity contribution in [2.45, 2.75) is 52.6 Å². The third-order valence-electron chi connectivity index (χ3n) is 5.82. The highest BCUT2D eigenvalue weighted by molar-refractivity contribution is 5.88. The van der Waals surface area contributed by atoms with Gasteiger partial charge >= 0.3 is 0 Å². The molecule has 0 aliphatic heterocycles. The molecule has 6 heteroatoms. The molecular formula is C28H33FN2O3. The highest BCUT2D eigenvalue weighted by Crippen LogP contribution is 2.23. The summed E-state index contributed by atoms with van der Waals surface area (Å²) in [6, 6.07) is 19.5. The van der Waals surface area contributed by atoms with Gasteiger partial charge in [0.2, 0.25) is 11.8 Å². The maximum absolute atomic E-state index is 13.5. The van der Waals surface area contributed by atoms with Crippen molar-refractivity contribution in [2.75, 3.05) is 13.1 Å². The molecule has 0 aliphatic rings. The van der Waals surface area contributed by atoms with Crippen molar-refractivity contribution in [1.29, 1.82) is 0 Å². The SMILES string of the molecule is CCCN(CC(=O)N(Cc1ccc(F)cc1)Cc1ccc(C)o1)C(=O)C(CC)c1ccccc1. The number of amides is 2. The standard InChI is InChI=1S/C28H33FN2O3/c1-4-17-30(28(33)26(5-2)23-9-7-6-8-10-23)20-27(32)31(19-25-16-11-21(3)34-25)18-22-12-14-24(29)15-13-22/h6-16,26H,4-5,17-20H2,1-3H3. The zero-order valence-corrected chi connectivity index (χ0v) is 20.2. The fourth-order valence-corrected chi connectivity index (χ4v) is 4.06. The molecule has 5 nitrogen and oxygen atoms in total. The van der Waals surface area contributed by atoms with Crippen molar-refractivity contribution in [3.05, 3.63) is 95.2 Å². The van der Waals surface area contributed by atoms with Gasteiger partial charge in [0.1, 0.15) is 17.3 Å². The smallest absolute Gasteiger partial charge is 0.242 e. The van der Waals surface area contributed by atoms with Crippen molar-refractivity contribution in [3.8, 4) is 0 Å². The summed E-state index contributed by atoms with van der Waals surface area (Å²) in [6.07, 6.45) is 1.40. The molecule has 0 bridgehead atoms. The maximum atomic E-state index is 13.5. The number of hydrogen-bond acceptors (Lipinski definition) is 3. The van der Waals surface area contributed by atoms with E-state index in [1.165, 1.54) is 12.1 Å². The van der Waals surface area contributed by atoms with Gasteiger partial charge in [0.15, 0.2) is 0 Å². The van der Waals surface area contributed by atoms with Crippen LogP contribution in [-0.4, -0.2) is 34.7 Å². The molecule has 3 rings (SSSR count). The van der Waals surface area contributed by atoms with Gasteiger partial charge in [-0.2, -0.15) is 0 Å². The lowest BCUT2D eigenvalue weighted by Gasteiger charge is -2.29. The Morgan fingerprint density at radius 3 is 2.21 bits per heavy atom. The second kappa shape index (κ2) is 12.2. The molecule has 1 heterocycles. The lowest BCUT2D eigenvalue weighted by Crippen LogP contribution is -2.44. The summed E-state index contributed by atoms with van der Waals surface area (Å²) < 4.78 is 19.1. The van der Waals surface area contributed by atoms with E-state index in [2.05, 4.69) is 0 Å². The normalized spacial score (nSPS) is 11.8. The summed E-state index contributed by atoms with van der Waals surface area (Å²) >= 11 is 0. The van der Waals surface area contributed by atoms with Gasteiger partial charge in [0.25, 0.3) is 0 Å². The van der Waals surface area contributed by atoms with E-state index in [9.17, 15) is 14.0 Å². The number of hydrogen-bond donors (Lipinski definition) is 0. The minimum Gasteiger partial charge on any atom is -0.464 e. The zero-order valence-electron chi connectivity index (χ0n) is 20.2. The van der Waals surface area contributed by atoms with E-state index < -0.39 is 0 Å². The van der Waals surface area contributed by atoms with Crippen LogP contribution in [0.15, 0.2) is 71.1 Å². The molecule has 0 saturated carbocycles. The van der Waals surface area contributed by atoms with Crippen LogP contribution in [0.5, 0.6) is 0 Å². The van der Waals surface area contributed by atoms with E-state index in [1.807, 2.05) is 63.2 Å². The van der Waals surface area contributed by atoms with Crippen LogP contribution in [0.4, 0.5) is 4.39 Å². The quantitative estimate of drug-likeness (QED) is 0.366. The topological polar surface area (TPSA) is 53.8 Å². The molecule has 2 aromatic carbocycles. The van der Waals surface area contributed by atoms with Crippen LogP contribution in [0.2, 0.25) is 0 Å². The van der Waals surface area contributed by atoms with Crippen LogP contribution in [0.3, 0.4) is 0 Å². The van der Waals surface area contributed by atoms with Gasteiger partial charge in [-0.05, 0) is 55.2 Å². The molecule has 1 atom stereocenters. The Morgan fingerprint density at radius 2 is 1.62 bits per heavy atom. The van der Waals surface area contributed by atoms with E-state index in [-0.39, 0.29) is 36.6 Å². The first-order chi connectivity index (χ1) is 16.4. The third kappa shape index (κ3) is 6.80. The summed E-state index contributed by atoms with van der Waals surface area (Å²) in [4.78, 5) is 30.3. The highest BCUT2D eigenvalue weighted by Gasteiger charge is 2.27. The minimum absolute atomic E-state index is 0.0170. The summed E-state index contributed by atoms with van der Waals surface area (Å²) in [7, 11) is 0. The monoisotopic (exact) mass is 464 g/mol. The van der Waals surface area contributed by atoms with Crippen LogP contribution < -0.4 is 0 Å². The van der Waals surface area contributed by atoms with Crippen molar-refractivity contribution >= 4 is 11.8 Å². The summed E-state index contributed by atoms with van der Waals surface area (Å²) in [5.41, 5.74) is 1.76. The third-order valence-corrected chi connectivity index (χ3v) is 5.82. The van der Waals surface area contributed by atoms with Gasteiger partial charge in [-0.15, -0.1) is 0 Å². The second-order valence-corrected chi connectivity index (χ2v) is 8.52. The van der Waals surface area contributed by atoms with Crippen LogP contribution in [0.25, 0.3) is 0 Å². The zero-order chi connectivity index (χ0) is 24.5. The first-order valence-electron chi connectivity index (χ1n) is 11.8. The van der Waals surface area contributed by atoms with E-state index >= 15 is 0 Å². The molecule has 0 fully saturated rings. The Kier molecular flexibility index (Phi) is 9.02. The van der Waals surface area contributed by atoms with E-state index in [4.69, 9.17) is 4.42 Å². The molecule has 0 radical (unpaired) electrons. The number of carbonyl (C=O) groups excluding carboxylic acids is 2. The Bertz CT molecular complexity index is 1060. The number of nitrogens with zero attached hydrogens (tertiary/aromatic N) is 2. The summed E-state index contributed by atoms with van der Waals surface area (Å²) in [5.74, 6) is 0.591. The summed E-state index contributed by atoms with van der Waals surface area (Å²) in [5, 5.41) is 0. The van der Waals surface area contributed by atoms with E-state index in [1.54, 1.807) is 21.9 Å². The molecule has 0 aliphatic carbocycles. The first-order valence-corrected chi connectivity index (χ1v) is 11.8. The number of aryl methyl sites for hydroxylation is 1. The van der Waals surface area contributed by atoms with Gasteiger partial charge in [0.05, 0.1) is 19.0 Å². The Hall–Kier alpha value is -3.41. The van der Waals surface area contributed by atoms with Crippen molar-refractivity contribution in [3.63, 3.8) is 0 Å². The molecule has 180 valence electrons. The highest BCUT2D eigenvalue weighted by atomic mass is 19.1. The van der Waals surface area contributed by atoms with Crippen LogP contribution in [-0.2, 0) is 22.7 Å².